The Morgan fingerprint density at radius 2 is 1.78 bits per heavy atom. The number of nitrogens with one attached hydrogen (secondary N) is 3. The van der Waals surface area contributed by atoms with Crippen LogP contribution in [0.3, 0.4) is 0 Å². The molecule has 1 aliphatic carbocycles. The predicted molar refractivity (Wildman–Crippen MR) is 229 cm³/mol. The number of pyridine rings is 1. The average Bonchev–Trinajstić information content (AvgIpc) is 4.06. The number of benzene rings is 2. The molecule has 3 aromatic heterocycles. The summed E-state index contributed by atoms with van der Waals surface area (Å²) in [5.74, 6) is -6.40. The highest BCUT2D eigenvalue weighted by Crippen LogP contribution is 2.46. The van der Waals surface area contributed by atoms with Gasteiger partial charge in [0.25, 0.3) is 5.56 Å². The monoisotopic (exact) mass is 908 g/mol. The van der Waals surface area contributed by atoms with Gasteiger partial charge in [-0.3, -0.25) is 24.4 Å². The summed E-state index contributed by atoms with van der Waals surface area (Å²) in [6.45, 7) is 1.36. The molecule has 2 unspecified atom stereocenters. The summed E-state index contributed by atoms with van der Waals surface area (Å²) in [5, 5.41) is 13.6. The van der Waals surface area contributed by atoms with Crippen molar-refractivity contribution in [1.29, 1.82) is 0 Å². The van der Waals surface area contributed by atoms with Crippen molar-refractivity contribution >= 4 is 68.4 Å². The Bertz CT molecular complexity index is 2780. The van der Waals surface area contributed by atoms with Gasteiger partial charge in [0.05, 0.1) is 47.3 Å². The van der Waals surface area contributed by atoms with Crippen LogP contribution in [0, 0.1) is 23.5 Å². The van der Waals surface area contributed by atoms with Crippen molar-refractivity contribution in [3.63, 3.8) is 0 Å². The van der Waals surface area contributed by atoms with E-state index < -0.39 is 47.9 Å². The van der Waals surface area contributed by atoms with Gasteiger partial charge in [-0.2, -0.15) is 10.1 Å². The van der Waals surface area contributed by atoms with Crippen LogP contribution >= 0.6 is 11.6 Å². The number of likely N-dealkylation sites (tertiary alicyclic amines) is 1. The minimum Gasteiger partial charge on any atom is -0.480 e. The molecule has 20 heteroatoms. The molecule has 7 heterocycles. The third-order valence-electron chi connectivity index (χ3n) is 13.7. The summed E-state index contributed by atoms with van der Waals surface area (Å²) in [7, 11) is 3.07. The van der Waals surface area contributed by atoms with Crippen molar-refractivity contribution in [2.45, 2.75) is 74.9 Å². The van der Waals surface area contributed by atoms with Crippen LogP contribution < -0.4 is 31.1 Å². The normalized spacial score (nSPS) is 24.3. The van der Waals surface area contributed by atoms with E-state index in [-0.39, 0.29) is 87.3 Å². The number of rotatable bonds is 8. The number of aryl methyl sites for hydroxylation is 2. The summed E-state index contributed by atoms with van der Waals surface area (Å²) < 4.78 is 86.3. The standard InChI is InChI=1S/C44H46ClF5N10O4/c1-57-32-16-29(46)31(15-27(32)36-38(42(57)63)64-20-44(49,50)39(54-36)22-3-4-22)52-40-28(45)17-51-43(55-40)60-14-11-23(30(47)19-60)18-59-12-9-21(10-13-59)24-5-6-25-35(56-58(2)37(25)34(24)48)26-7-8-33(61)53-41(26)62/h5-6,15-17,21-23,26,30,39,54H,3-4,7-14,18-20H2,1-2H3,(H,51,52,55)(H,53,61,62)/t23-,26?,30-,39?/m1/s1. The molecule has 5 aliphatic rings. The fraction of sp³-hybridized carbons (Fsp3) is 0.500. The van der Waals surface area contributed by atoms with Crippen molar-refractivity contribution < 1.29 is 36.3 Å². The van der Waals surface area contributed by atoms with Crippen LogP contribution in [0.25, 0.3) is 21.8 Å². The van der Waals surface area contributed by atoms with Crippen molar-refractivity contribution in [2.75, 3.05) is 54.9 Å². The molecule has 4 atom stereocenters. The van der Waals surface area contributed by atoms with Gasteiger partial charge < -0.3 is 29.7 Å². The van der Waals surface area contributed by atoms with Crippen molar-refractivity contribution in [1.82, 2.24) is 34.5 Å². The molecule has 0 spiro atoms. The number of fused-ring (bicyclic) bond motifs is 4. The fourth-order valence-electron chi connectivity index (χ4n) is 10.0. The molecule has 3 saturated heterocycles. The van der Waals surface area contributed by atoms with E-state index in [1.54, 1.807) is 18.0 Å². The zero-order valence-electron chi connectivity index (χ0n) is 35.1. The lowest BCUT2D eigenvalue weighted by atomic mass is 9.86. The molecular weight excluding hydrogens is 863 g/mol. The molecule has 14 nitrogen and oxygen atoms in total. The number of nitrogens with zero attached hydrogens (tertiary/aromatic N) is 7. The summed E-state index contributed by atoms with van der Waals surface area (Å²) in [6.07, 6.45) is 3.74. The third kappa shape index (κ3) is 7.56. The van der Waals surface area contributed by atoms with Gasteiger partial charge in [-0.05, 0) is 75.1 Å². The van der Waals surface area contributed by atoms with E-state index in [0.717, 1.165) is 10.6 Å². The molecule has 0 bridgehead atoms. The van der Waals surface area contributed by atoms with Gasteiger partial charge in [0.2, 0.25) is 23.5 Å². The zero-order valence-corrected chi connectivity index (χ0v) is 35.8. The SMILES string of the molecule is Cn1nc(C2CCC(=O)NC2=O)c2ccc(C3CCN(C[C@H]4CCN(c5ncc(Cl)c(Nc6cc7c8c(c(=O)n(C)c7cc6F)OCC(F)(F)C(C6CC6)N8)n5)C[C@H]4F)CC3)c(F)c21. The number of aromatic nitrogens is 5. The Labute approximate surface area is 368 Å². The van der Waals surface area contributed by atoms with Crippen molar-refractivity contribution in [2.24, 2.45) is 25.9 Å². The quantitative estimate of drug-likeness (QED) is 0.113. The predicted octanol–water partition coefficient (Wildman–Crippen LogP) is 6.67. The molecule has 3 N–H and O–H groups in total. The summed E-state index contributed by atoms with van der Waals surface area (Å²) in [6, 6.07) is 4.86. The molecule has 1 saturated carbocycles. The maximum atomic E-state index is 16.2. The molecule has 64 heavy (non-hydrogen) atoms. The average molecular weight is 909 g/mol. The van der Waals surface area contributed by atoms with Gasteiger partial charge in [-0.15, -0.1) is 0 Å². The number of carbonyl (C=O) groups excluding carboxylic acids is 2. The summed E-state index contributed by atoms with van der Waals surface area (Å²) in [5.41, 5.74) is 0.835. The largest absolute Gasteiger partial charge is 0.480 e. The van der Waals surface area contributed by atoms with Crippen LogP contribution in [0.4, 0.5) is 45.1 Å². The molecule has 0 radical (unpaired) electrons. The molecular formula is C44H46ClF5N10O4. The lowest BCUT2D eigenvalue weighted by molar-refractivity contribution is -0.134. The number of anilines is 4. The van der Waals surface area contributed by atoms with Crippen LogP contribution in [0.1, 0.15) is 68.0 Å². The molecule has 4 aliphatic heterocycles. The Balaban J connectivity index is 0.794. The van der Waals surface area contributed by atoms with Gasteiger partial charge in [-0.1, -0.05) is 23.7 Å². The van der Waals surface area contributed by atoms with E-state index in [2.05, 4.69) is 35.9 Å². The maximum Gasteiger partial charge on any atom is 0.301 e. The Morgan fingerprint density at radius 3 is 2.52 bits per heavy atom. The highest BCUT2D eigenvalue weighted by Gasteiger charge is 2.51. The number of amides is 2. The van der Waals surface area contributed by atoms with E-state index in [0.29, 0.717) is 86.9 Å². The van der Waals surface area contributed by atoms with E-state index in [1.807, 2.05) is 6.07 Å². The first kappa shape index (κ1) is 42.4. The molecule has 2 aromatic carbocycles. The zero-order chi connectivity index (χ0) is 44.8. The Morgan fingerprint density at radius 1 is 1.00 bits per heavy atom. The number of halogens is 6. The first-order chi connectivity index (χ1) is 30.6. The van der Waals surface area contributed by atoms with Gasteiger partial charge in [-0.25, -0.2) is 26.9 Å². The second-order valence-electron chi connectivity index (χ2n) is 17.9. The number of hydrogen-bond donors (Lipinski definition) is 3. The van der Waals surface area contributed by atoms with Crippen LogP contribution in [0.2, 0.25) is 5.02 Å². The highest BCUT2D eigenvalue weighted by molar-refractivity contribution is 6.33. The van der Waals surface area contributed by atoms with Crippen LogP contribution in [0.5, 0.6) is 5.75 Å². The topological polar surface area (TPSA) is 152 Å². The van der Waals surface area contributed by atoms with E-state index in [1.165, 1.54) is 24.0 Å². The Hall–Kier alpha value is -5.56. The van der Waals surface area contributed by atoms with Crippen molar-refractivity contribution in [3.8, 4) is 5.75 Å². The van der Waals surface area contributed by atoms with Gasteiger partial charge in [0, 0.05) is 56.4 Å². The fourth-order valence-corrected chi connectivity index (χ4v) is 10.2. The smallest absolute Gasteiger partial charge is 0.301 e. The van der Waals surface area contributed by atoms with Crippen molar-refractivity contribution in [3.05, 3.63) is 68.7 Å². The number of alkyl halides is 3. The molecule has 338 valence electrons. The Kier molecular flexibility index (Phi) is 10.7. The lowest BCUT2D eigenvalue weighted by Gasteiger charge is -2.39. The van der Waals surface area contributed by atoms with Gasteiger partial charge >= 0.3 is 5.92 Å². The third-order valence-corrected chi connectivity index (χ3v) is 14.0. The van der Waals surface area contributed by atoms with E-state index in [9.17, 15) is 14.4 Å². The van der Waals surface area contributed by atoms with E-state index in [4.69, 9.17) is 16.3 Å². The van der Waals surface area contributed by atoms with E-state index >= 15 is 22.0 Å². The number of hydrogen-bond acceptors (Lipinski definition) is 11. The molecule has 4 fully saturated rings. The first-order valence-corrected chi connectivity index (χ1v) is 22.1. The van der Waals surface area contributed by atoms with Gasteiger partial charge in [0.1, 0.15) is 22.5 Å². The second kappa shape index (κ2) is 16.2. The summed E-state index contributed by atoms with van der Waals surface area (Å²) >= 11 is 6.50. The first-order valence-electron chi connectivity index (χ1n) is 21.7. The number of imide groups is 1. The molecule has 5 aromatic rings. The molecule has 10 rings (SSSR count). The number of piperidine rings is 3. The summed E-state index contributed by atoms with van der Waals surface area (Å²) in [4.78, 5) is 50.4. The van der Waals surface area contributed by atoms with Crippen LogP contribution in [-0.4, -0.2) is 98.5 Å². The van der Waals surface area contributed by atoms with Crippen LogP contribution in [0.15, 0.2) is 35.3 Å². The second-order valence-corrected chi connectivity index (χ2v) is 18.3. The van der Waals surface area contributed by atoms with Gasteiger partial charge in [0.15, 0.2) is 18.2 Å². The lowest BCUT2D eigenvalue weighted by Crippen LogP contribution is -2.47. The number of ether oxygens (including phenoxy) is 1. The minimum absolute atomic E-state index is 0.0158. The number of carbonyl (C=O) groups is 2. The highest BCUT2D eigenvalue weighted by atomic mass is 35.5. The van der Waals surface area contributed by atoms with Crippen LogP contribution in [-0.2, 0) is 23.7 Å². The molecule has 2 amide bonds. The maximum absolute atomic E-state index is 16.2. The minimum atomic E-state index is -3.25.